The molecule has 0 amide bonds. The zero-order valence-electron chi connectivity index (χ0n) is 5.60. The minimum atomic E-state index is -0.713. The van der Waals surface area contributed by atoms with E-state index in [4.69, 9.17) is 14.9 Å². The smallest absolute Gasteiger partial charge is 0.107 e. The standard InChI is InChI=1S/C6H12O4/c7-1-4-3-10-5(2-8)6(4)9/h4-9H,1-3H2/t4?,5-,6?/m1/s1. The third-order valence-electron chi connectivity index (χ3n) is 1.80. The maximum absolute atomic E-state index is 9.20. The summed E-state index contributed by atoms with van der Waals surface area (Å²) in [7, 11) is 0. The molecule has 2 unspecified atom stereocenters. The highest BCUT2D eigenvalue weighted by molar-refractivity contribution is 4.82. The van der Waals surface area contributed by atoms with E-state index in [-0.39, 0.29) is 19.1 Å². The molecule has 1 fully saturated rings. The van der Waals surface area contributed by atoms with Crippen LogP contribution in [0.1, 0.15) is 0 Å². The first kappa shape index (κ1) is 7.94. The second-order valence-electron chi connectivity index (χ2n) is 2.49. The highest BCUT2D eigenvalue weighted by atomic mass is 16.5. The van der Waals surface area contributed by atoms with Crippen LogP contribution in [-0.4, -0.2) is 47.3 Å². The molecule has 0 aromatic rings. The van der Waals surface area contributed by atoms with Crippen LogP contribution in [0.2, 0.25) is 0 Å². The van der Waals surface area contributed by atoms with Crippen molar-refractivity contribution in [2.45, 2.75) is 12.2 Å². The Morgan fingerprint density at radius 1 is 1.30 bits per heavy atom. The molecule has 1 saturated heterocycles. The van der Waals surface area contributed by atoms with Crippen molar-refractivity contribution >= 4 is 0 Å². The molecule has 0 bridgehead atoms. The largest absolute Gasteiger partial charge is 0.396 e. The average Bonchev–Trinajstić information content (AvgIpc) is 2.30. The van der Waals surface area contributed by atoms with Crippen LogP contribution in [0.25, 0.3) is 0 Å². The summed E-state index contributed by atoms with van der Waals surface area (Å²) < 4.78 is 4.96. The van der Waals surface area contributed by atoms with Gasteiger partial charge in [0.05, 0.1) is 25.9 Å². The van der Waals surface area contributed by atoms with Crippen LogP contribution >= 0.6 is 0 Å². The molecule has 3 N–H and O–H groups in total. The monoisotopic (exact) mass is 148 g/mol. The van der Waals surface area contributed by atoms with Crippen LogP contribution in [0.15, 0.2) is 0 Å². The molecule has 0 radical (unpaired) electrons. The molecular weight excluding hydrogens is 136 g/mol. The maximum atomic E-state index is 9.20. The van der Waals surface area contributed by atoms with Gasteiger partial charge in [-0.25, -0.2) is 0 Å². The van der Waals surface area contributed by atoms with Gasteiger partial charge in [0.25, 0.3) is 0 Å². The van der Waals surface area contributed by atoms with Gasteiger partial charge in [0.15, 0.2) is 0 Å². The molecule has 60 valence electrons. The Bertz CT molecular complexity index is 93.9. The Hall–Kier alpha value is -0.160. The summed E-state index contributed by atoms with van der Waals surface area (Å²) in [4.78, 5) is 0. The highest BCUT2D eigenvalue weighted by Crippen LogP contribution is 2.18. The fraction of sp³-hybridized carbons (Fsp3) is 1.00. The summed E-state index contributed by atoms with van der Waals surface area (Å²) in [6.07, 6.45) is -1.22. The van der Waals surface area contributed by atoms with E-state index in [0.717, 1.165) is 0 Å². The molecule has 1 aliphatic rings. The van der Waals surface area contributed by atoms with Gasteiger partial charge in [-0.2, -0.15) is 0 Å². The van der Waals surface area contributed by atoms with Gasteiger partial charge in [0, 0.05) is 5.92 Å². The van der Waals surface area contributed by atoms with Crippen molar-refractivity contribution in [1.82, 2.24) is 0 Å². The molecule has 0 aromatic heterocycles. The first-order chi connectivity index (χ1) is 4.79. The minimum absolute atomic E-state index is 0.0856. The van der Waals surface area contributed by atoms with E-state index in [2.05, 4.69) is 0 Å². The van der Waals surface area contributed by atoms with Gasteiger partial charge in [-0.15, -0.1) is 0 Å². The Balaban J connectivity index is 2.41. The van der Waals surface area contributed by atoms with Gasteiger partial charge in [-0.3, -0.25) is 0 Å². The molecule has 1 aliphatic heterocycles. The lowest BCUT2D eigenvalue weighted by Gasteiger charge is -2.12. The summed E-state index contributed by atoms with van der Waals surface area (Å²) in [5.41, 5.74) is 0. The SMILES string of the molecule is OCC1CO[C@H](CO)C1O. The molecule has 1 rings (SSSR count). The lowest BCUT2D eigenvalue weighted by atomic mass is 10.0. The van der Waals surface area contributed by atoms with Gasteiger partial charge in [0.2, 0.25) is 0 Å². The van der Waals surface area contributed by atoms with E-state index < -0.39 is 12.2 Å². The van der Waals surface area contributed by atoms with Gasteiger partial charge in [0.1, 0.15) is 6.10 Å². The number of aliphatic hydroxyl groups excluding tert-OH is 3. The molecule has 4 heteroatoms. The van der Waals surface area contributed by atoms with Crippen LogP contribution in [-0.2, 0) is 4.74 Å². The Morgan fingerprint density at radius 2 is 2.00 bits per heavy atom. The summed E-state index contributed by atoms with van der Waals surface area (Å²) in [5.74, 6) is -0.225. The Morgan fingerprint density at radius 3 is 2.30 bits per heavy atom. The zero-order chi connectivity index (χ0) is 7.56. The van der Waals surface area contributed by atoms with Gasteiger partial charge in [-0.1, -0.05) is 0 Å². The number of ether oxygens (including phenoxy) is 1. The number of hydrogen-bond donors (Lipinski definition) is 3. The lowest BCUT2D eigenvalue weighted by molar-refractivity contribution is -0.000175. The number of rotatable bonds is 2. The summed E-state index contributed by atoms with van der Waals surface area (Å²) in [5, 5.41) is 26.4. The molecule has 4 nitrogen and oxygen atoms in total. The van der Waals surface area contributed by atoms with E-state index in [9.17, 15) is 5.11 Å². The molecule has 0 saturated carbocycles. The lowest BCUT2D eigenvalue weighted by Crippen LogP contribution is -2.30. The van der Waals surface area contributed by atoms with E-state index in [1.54, 1.807) is 0 Å². The van der Waals surface area contributed by atoms with E-state index in [1.165, 1.54) is 0 Å². The van der Waals surface area contributed by atoms with Gasteiger partial charge in [-0.05, 0) is 0 Å². The normalized spacial score (nSPS) is 40.5. The molecule has 10 heavy (non-hydrogen) atoms. The summed E-state index contributed by atoms with van der Waals surface area (Å²) in [6, 6.07) is 0. The van der Waals surface area contributed by atoms with Crippen molar-refractivity contribution in [2.75, 3.05) is 19.8 Å². The number of hydrogen-bond acceptors (Lipinski definition) is 4. The van der Waals surface area contributed by atoms with E-state index >= 15 is 0 Å². The maximum Gasteiger partial charge on any atom is 0.107 e. The Labute approximate surface area is 59.1 Å². The van der Waals surface area contributed by atoms with Crippen molar-refractivity contribution in [1.29, 1.82) is 0 Å². The van der Waals surface area contributed by atoms with Crippen molar-refractivity contribution in [3.05, 3.63) is 0 Å². The van der Waals surface area contributed by atoms with E-state index in [0.29, 0.717) is 6.61 Å². The van der Waals surface area contributed by atoms with Crippen LogP contribution < -0.4 is 0 Å². The van der Waals surface area contributed by atoms with Gasteiger partial charge < -0.3 is 20.1 Å². The second-order valence-corrected chi connectivity index (χ2v) is 2.49. The van der Waals surface area contributed by atoms with Crippen LogP contribution in [0.4, 0.5) is 0 Å². The molecule has 0 aromatic carbocycles. The average molecular weight is 148 g/mol. The van der Waals surface area contributed by atoms with E-state index in [1.807, 2.05) is 0 Å². The molecular formula is C6H12O4. The van der Waals surface area contributed by atoms with Gasteiger partial charge >= 0.3 is 0 Å². The summed E-state index contributed by atoms with van der Waals surface area (Å²) >= 11 is 0. The topological polar surface area (TPSA) is 69.9 Å². The van der Waals surface area contributed by atoms with Crippen molar-refractivity contribution in [3.63, 3.8) is 0 Å². The van der Waals surface area contributed by atoms with Crippen molar-refractivity contribution in [2.24, 2.45) is 5.92 Å². The van der Waals surface area contributed by atoms with Crippen LogP contribution in [0, 0.1) is 5.92 Å². The molecule has 0 spiro atoms. The number of aliphatic hydroxyl groups is 3. The van der Waals surface area contributed by atoms with Crippen molar-refractivity contribution in [3.8, 4) is 0 Å². The molecule has 1 heterocycles. The minimum Gasteiger partial charge on any atom is -0.396 e. The summed E-state index contributed by atoms with van der Waals surface area (Å²) in [6.45, 7) is 0.0677. The third kappa shape index (κ3) is 1.29. The third-order valence-corrected chi connectivity index (χ3v) is 1.80. The molecule has 0 aliphatic carbocycles. The van der Waals surface area contributed by atoms with Crippen LogP contribution in [0.3, 0.4) is 0 Å². The fourth-order valence-electron chi connectivity index (χ4n) is 1.07. The zero-order valence-corrected chi connectivity index (χ0v) is 5.60. The first-order valence-corrected chi connectivity index (χ1v) is 3.31. The highest BCUT2D eigenvalue weighted by Gasteiger charge is 2.34. The fourth-order valence-corrected chi connectivity index (χ4v) is 1.07. The first-order valence-electron chi connectivity index (χ1n) is 3.31. The van der Waals surface area contributed by atoms with Crippen molar-refractivity contribution < 1.29 is 20.1 Å². The quantitative estimate of drug-likeness (QED) is 0.438. The van der Waals surface area contributed by atoms with Crippen LogP contribution in [0.5, 0.6) is 0 Å². The predicted molar refractivity (Wildman–Crippen MR) is 33.4 cm³/mol. The second kappa shape index (κ2) is 3.30. The Kier molecular flexibility index (Phi) is 2.62. The molecule has 3 atom stereocenters. The predicted octanol–water partition coefficient (Wildman–Crippen LogP) is -1.65.